The molecule has 1 aliphatic carbocycles. The number of benzene rings is 1. The van der Waals surface area contributed by atoms with Gasteiger partial charge >= 0.3 is 0 Å². The van der Waals surface area contributed by atoms with E-state index >= 15 is 0 Å². The van der Waals surface area contributed by atoms with E-state index in [4.69, 9.17) is 27.6 Å². The van der Waals surface area contributed by atoms with Crippen molar-refractivity contribution in [3.8, 4) is 11.6 Å². The Labute approximate surface area is 183 Å². The Morgan fingerprint density at radius 1 is 1.14 bits per heavy atom. The first-order valence-corrected chi connectivity index (χ1v) is 11.2. The van der Waals surface area contributed by atoms with E-state index in [-0.39, 0.29) is 11.7 Å². The van der Waals surface area contributed by atoms with E-state index in [0.29, 0.717) is 38.5 Å². The summed E-state index contributed by atoms with van der Waals surface area (Å²) in [5.74, 6) is 1.36. The molecule has 2 heterocycles. The molecule has 0 saturated heterocycles. The number of rotatable bonds is 6. The molecule has 1 N–H and O–H groups in total. The van der Waals surface area contributed by atoms with Crippen molar-refractivity contribution in [1.82, 2.24) is 14.8 Å². The maximum atomic E-state index is 12.5. The van der Waals surface area contributed by atoms with E-state index in [0.717, 1.165) is 12.8 Å². The first-order chi connectivity index (χ1) is 14.1. The van der Waals surface area contributed by atoms with E-state index in [2.05, 4.69) is 20.1 Å². The largest absolute Gasteiger partial charge is 0.461 e. The second-order valence-electron chi connectivity index (χ2n) is 6.88. The molecule has 3 aromatic rings. The van der Waals surface area contributed by atoms with E-state index in [1.807, 2.05) is 12.1 Å². The van der Waals surface area contributed by atoms with Gasteiger partial charge in [-0.1, -0.05) is 60.3 Å². The van der Waals surface area contributed by atoms with Crippen LogP contribution < -0.4 is 5.32 Å². The van der Waals surface area contributed by atoms with Gasteiger partial charge in [-0.2, -0.15) is 0 Å². The van der Waals surface area contributed by atoms with Crippen molar-refractivity contribution in [3.05, 3.63) is 46.6 Å². The highest BCUT2D eigenvalue weighted by atomic mass is 35.5. The standard InChI is InChI=1S/C20H20Cl2N4O2S/c21-14-8-4-9-15(22)18(14)23-17(27)12-29-20-25-24-19(16-10-5-11-28-16)26(20)13-6-2-1-3-7-13/h4-5,8-11,13H,1-3,6-7,12H2,(H,23,27). The van der Waals surface area contributed by atoms with Crippen LogP contribution in [-0.2, 0) is 4.79 Å². The molecule has 152 valence electrons. The fraction of sp³-hybridized carbons (Fsp3) is 0.350. The molecule has 1 aromatic carbocycles. The third kappa shape index (κ3) is 4.63. The predicted molar refractivity (Wildman–Crippen MR) is 116 cm³/mol. The fourth-order valence-corrected chi connectivity index (χ4v) is 4.84. The monoisotopic (exact) mass is 450 g/mol. The average molecular weight is 451 g/mol. The van der Waals surface area contributed by atoms with Gasteiger partial charge in [-0.15, -0.1) is 10.2 Å². The van der Waals surface area contributed by atoms with Crippen LogP contribution >= 0.6 is 35.0 Å². The molecule has 0 radical (unpaired) electrons. The van der Waals surface area contributed by atoms with Crippen molar-refractivity contribution >= 4 is 46.6 Å². The molecule has 29 heavy (non-hydrogen) atoms. The van der Waals surface area contributed by atoms with E-state index in [1.54, 1.807) is 24.5 Å². The number of nitrogens with one attached hydrogen (secondary N) is 1. The van der Waals surface area contributed by atoms with Crippen molar-refractivity contribution in [3.63, 3.8) is 0 Å². The number of furan rings is 1. The molecule has 0 spiro atoms. The second-order valence-corrected chi connectivity index (χ2v) is 8.64. The molecule has 9 heteroatoms. The van der Waals surface area contributed by atoms with Crippen LogP contribution in [0.5, 0.6) is 0 Å². The van der Waals surface area contributed by atoms with Gasteiger partial charge in [-0.3, -0.25) is 9.36 Å². The summed E-state index contributed by atoms with van der Waals surface area (Å²) in [5, 5.41) is 13.0. The van der Waals surface area contributed by atoms with Crippen LogP contribution in [0.4, 0.5) is 5.69 Å². The van der Waals surface area contributed by atoms with Gasteiger partial charge in [0.05, 0.1) is 27.7 Å². The molecule has 0 bridgehead atoms. The molecule has 1 amide bonds. The van der Waals surface area contributed by atoms with Crippen LogP contribution in [0, 0.1) is 0 Å². The highest BCUT2D eigenvalue weighted by Gasteiger charge is 2.25. The van der Waals surface area contributed by atoms with E-state index < -0.39 is 0 Å². The lowest BCUT2D eigenvalue weighted by atomic mass is 9.95. The second kappa shape index (κ2) is 9.24. The van der Waals surface area contributed by atoms with Crippen molar-refractivity contribution in [2.75, 3.05) is 11.1 Å². The fourth-order valence-electron chi connectivity index (χ4n) is 3.54. The number of hydrogen-bond donors (Lipinski definition) is 1. The number of hydrogen-bond acceptors (Lipinski definition) is 5. The first kappa shape index (κ1) is 20.3. The average Bonchev–Trinajstić information content (AvgIpc) is 3.39. The lowest BCUT2D eigenvalue weighted by molar-refractivity contribution is -0.113. The van der Waals surface area contributed by atoms with Gasteiger partial charge in [0, 0.05) is 6.04 Å². The van der Waals surface area contributed by atoms with Crippen LogP contribution in [0.25, 0.3) is 11.6 Å². The molecule has 2 aromatic heterocycles. The van der Waals surface area contributed by atoms with Crippen LogP contribution in [-0.4, -0.2) is 26.4 Å². The summed E-state index contributed by atoms with van der Waals surface area (Å²) in [6, 6.07) is 9.13. The predicted octanol–water partition coefficient (Wildman–Crippen LogP) is 6.08. The Kier molecular flexibility index (Phi) is 6.47. The number of halogens is 2. The summed E-state index contributed by atoms with van der Waals surface area (Å²) in [6.45, 7) is 0. The molecule has 1 aliphatic rings. The van der Waals surface area contributed by atoms with Crippen molar-refractivity contribution in [2.45, 2.75) is 43.3 Å². The van der Waals surface area contributed by atoms with Crippen molar-refractivity contribution in [2.24, 2.45) is 0 Å². The summed E-state index contributed by atoms with van der Waals surface area (Å²) < 4.78 is 7.68. The Morgan fingerprint density at radius 2 is 1.90 bits per heavy atom. The first-order valence-electron chi connectivity index (χ1n) is 9.49. The highest BCUT2D eigenvalue weighted by Crippen LogP contribution is 2.36. The Bertz CT molecular complexity index is 964. The molecular formula is C20H20Cl2N4O2S. The molecule has 6 nitrogen and oxygen atoms in total. The summed E-state index contributed by atoms with van der Waals surface area (Å²) in [4.78, 5) is 12.5. The summed E-state index contributed by atoms with van der Waals surface area (Å²) in [7, 11) is 0. The van der Waals surface area contributed by atoms with Gasteiger partial charge in [0.15, 0.2) is 10.9 Å². The molecule has 4 rings (SSSR count). The molecule has 0 atom stereocenters. The van der Waals surface area contributed by atoms with Gasteiger partial charge in [-0.05, 0) is 37.1 Å². The van der Waals surface area contributed by atoms with Crippen LogP contribution in [0.3, 0.4) is 0 Å². The highest BCUT2D eigenvalue weighted by molar-refractivity contribution is 7.99. The number of carbonyl (C=O) groups excluding carboxylic acids is 1. The zero-order chi connectivity index (χ0) is 20.2. The van der Waals surface area contributed by atoms with Gasteiger partial charge < -0.3 is 9.73 Å². The van der Waals surface area contributed by atoms with Crippen LogP contribution in [0.15, 0.2) is 46.2 Å². The molecule has 1 saturated carbocycles. The number of amides is 1. The Balaban J connectivity index is 1.52. The van der Waals surface area contributed by atoms with Gasteiger partial charge in [-0.25, -0.2) is 0 Å². The summed E-state index contributed by atoms with van der Waals surface area (Å²) in [5.41, 5.74) is 0.423. The normalized spacial score (nSPS) is 14.8. The van der Waals surface area contributed by atoms with Crippen molar-refractivity contribution < 1.29 is 9.21 Å². The lowest BCUT2D eigenvalue weighted by Crippen LogP contribution is -2.17. The van der Waals surface area contributed by atoms with Gasteiger partial charge in [0.1, 0.15) is 0 Å². The summed E-state index contributed by atoms with van der Waals surface area (Å²) >= 11 is 13.6. The lowest BCUT2D eigenvalue weighted by Gasteiger charge is -2.25. The minimum absolute atomic E-state index is 0.171. The maximum absolute atomic E-state index is 12.5. The third-order valence-corrected chi connectivity index (χ3v) is 6.48. The van der Waals surface area contributed by atoms with Gasteiger partial charge in [0.2, 0.25) is 11.7 Å². The number of aromatic nitrogens is 3. The van der Waals surface area contributed by atoms with Crippen LogP contribution in [0.1, 0.15) is 38.1 Å². The number of carbonyl (C=O) groups is 1. The zero-order valence-corrected chi connectivity index (χ0v) is 17.9. The minimum atomic E-state index is -0.206. The topological polar surface area (TPSA) is 73.0 Å². The smallest absolute Gasteiger partial charge is 0.234 e. The number of para-hydroxylation sites is 1. The summed E-state index contributed by atoms with van der Waals surface area (Å²) in [6.07, 6.45) is 7.37. The zero-order valence-electron chi connectivity index (χ0n) is 15.6. The molecule has 0 unspecified atom stereocenters. The SMILES string of the molecule is O=C(CSc1nnc(-c2ccco2)n1C1CCCCC1)Nc1c(Cl)cccc1Cl. The van der Waals surface area contributed by atoms with E-state index in [1.165, 1.54) is 31.0 Å². The number of nitrogens with zero attached hydrogens (tertiary/aromatic N) is 3. The minimum Gasteiger partial charge on any atom is -0.461 e. The molecular weight excluding hydrogens is 431 g/mol. The number of thioether (sulfide) groups is 1. The third-order valence-electron chi connectivity index (χ3n) is 4.91. The van der Waals surface area contributed by atoms with Crippen molar-refractivity contribution in [1.29, 1.82) is 0 Å². The van der Waals surface area contributed by atoms with E-state index in [9.17, 15) is 4.79 Å². The number of anilines is 1. The quantitative estimate of drug-likeness (QED) is 0.460. The van der Waals surface area contributed by atoms with Crippen LogP contribution in [0.2, 0.25) is 10.0 Å². The Hall–Kier alpha value is -1.96. The maximum Gasteiger partial charge on any atom is 0.234 e. The molecule has 1 fully saturated rings. The Morgan fingerprint density at radius 3 is 2.59 bits per heavy atom. The molecule has 0 aliphatic heterocycles. The van der Waals surface area contributed by atoms with Gasteiger partial charge in [0.25, 0.3) is 0 Å².